The molecule has 0 spiro atoms. The molecule has 3 nitrogen and oxygen atoms in total. The minimum absolute atomic E-state index is 0.0692. The zero-order chi connectivity index (χ0) is 19.1. The fraction of sp³-hybridized carbons (Fsp3) is 0.952. The van der Waals surface area contributed by atoms with Crippen LogP contribution in [0.4, 0.5) is 0 Å². The molecule has 24 heavy (non-hydrogen) atoms. The van der Waals surface area contributed by atoms with Crippen molar-refractivity contribution in [2.24, 2.45) is 28.6 Å². The Hall–Kier alpha value is -0.570. The fourth-order valence-corrected chi connectivity index (χ4v) is 3.18. The molecule has 0 radical (unpaired) electrons. The number of esters is 1. The number of hydrogen-bond acceptors (Lipinski definition) is 3. The van der Waals surface area contributed by atoms with Gasteiger partial charge >= 0.3 is 5.97 Å². The molecule has 4 atom stereocenters. The van der Waals surface area contributed by atoms with Crippen LogP contribution in [0.25, 0.3) is 0 Å². The number of rotatable bonds is 9. The Bertz CT molecular complexity index is 362. The predicted octanol–water partition coefficient (Wildman–Crippen LogP) is 5.45. The average Bonchev–Trinajstić information content (AvgIpc) is 2.42. The number of carbonyl (C=O) groups excluding carboxylic acids is 1. The molecule has 0 aliphatic carbocycles. The van der Waals surface area contributed by atoms with E-state index >= 15 is 0 Å². The van der Waals surface area contributed by atoms with Gasteiger partial charge in [0.2, 0.25) is 0 Å². The number of carbonyl (C=O) groups is 1. The summed E-state index contributed by atoms with van der Waals surface area (Å²) >= 11 is 0. The molecule has 0 amide bonds. The van der Waals surface area contributed by atoms with E-state index in [9.17, 15) is 9.90 Å². The monoisotopic (exact) mass is 342 g/mol. The van der Waals surface area contributed by atoms with Crippen molar-refractivity contribution in [3.63, 3.8) is 0 Å². The first-order valence-corrected chi connectivity index (χ1v) is 9.64. The molecule has 0 aromatic heterocycles. The third kappa shape index (κ3) is 8.50. The number of aliphatic hydroxyl groups excluding tert-OH is 1. The molecule has 3 heteroatoms. The molecule has 0 fully saturated rings. The van der Waals surface area contributed by atoms with Crippen LogP contribution in [0, 0.1) is 28.6 Å². The molecular formula is C21H42O3. The first-order valence-electron chi connectivity index (χ1n) is 9.64. The van der Waals surface area contributed by atoms with Gasteiger partial charge in [-0.2, -0.15) is 0 Å². The summed E-state index contributed by atoms with van der Waals surface area (Å²) in [5.41, 5.74) is 0.165. The standard InChI is InChI=1S/C21H42O3/c1-10-24-18(22)14-12-15(2)11-13-17(21(7,8)9)19(23)16(3)20(4,5)6/h15-17,19,23H,10-14H2,1-9H3. The van der Waals surface area contributed by atoms with Gasteiger partial charge in [-0.05, 0) is 48.3 Å². The van der Waals surface area contributed by atoms with Gasteiger partial charge in [0.25, 0.3) is 0 Å². The van der Waals surface area contributed by atoms with Crippen LogP contribution in [0.2, 0.25) is 0 Å². The van der Waals surface area contributed by atoms with Crippen LogP contribution in [0.15, 0.2) is 0 Å². The first kappa shape index (κ1) is 23.4. The van der Waals surface area contributed by atoms with Crippen molar-refractivity contribution in [3.05, 3.63) is 0 Å². The molecule has 0 aromatic rings. The normalized spacial score (nSPS) is 17.9. The number of aliphatic hydroxyl groups is 1. The molecule has 0 aliphatic heterocycles. The third-order valence-corrected chi connectivity index (χ3v) is 5.52. The lowest BCUT2D eigenvalue weighted by atomic mass is 9.66. The topological polar surface area (TPSA) is 46.5 Å². The van der Waals surface area contributed by atoms with Gasteiger partial charge in [0.15, 0.2) is 0 Å². The molecule has 0 bridgehead atoms. The summed E-state index contributed by atoms with van der Waals surface area (Å²) in [6, 6.07) is 0. The van der Waals surface area contributed by atoms with E-state index in [0.717, 1.165) is 19.3 Å². The minimum Gasteiger partial charge on any atom is -0.466 e. The van der Waals surface area contributed by atoms with Gasteiger partial charge in [-0.15, -0.1) is 0 Å². The second-order valence-electron chi connectivity index (χ2n) is 9.64. The molecule has 0 rings (SSSR count). The van der Waals surface area contributed by atoms with Crippen LogP contribution >= 0.6 is 0 Å². The summed E-state index contributed by atoms with van der Waals surface area (Å²) in [6.45, 7) is 19.9. The van der Waals surface area contributed by atoms with E-state index in [2.05, 4.69) is 55.4 Å². The van der Waals surface area contributed by atoms with Crippen LogP contribution < -0.4 is 0 Å². The fourth-order valence-electron chi connectivity index (χ4n) is 3.18. The Morgan fingerprint density at radius 2 is 1.50 bits per heavy atom. The third-order valence-electron chi connectivity index (χ3n) is 5.52. The van der Waals surface area contributed by atoms with E-state index in [1.807, 2.05) is 6.92 Å². The smallest absolute Gasteiger partial charge is 0.305 e. The largest absolute Gasteiger partial charge is 0.466 e. The Labute approximate surface area is 150 Å². The van der Waals surface area contributed by atoms with Crippen molar-refractivity contribution in [1.82, 2.24) is 0 Å². The van der Waals surface area contributed by atoms with E-state index in [1.54, 1.807) is 0 Å². The molecule has 0 saturated heterocycles. The summed E-state index contributed by atoms with van der Waals surface area (Å²) in [4.78, 5) is 11.5. The van der Waals surface area contributed by atoms with Crippen molar-refractivity contribution in [2.45, 2.75) is 94.1 Å². The molecule has 144 valence electrons. The number of hydrogen-bond donors (Lipinski definition) is 1. The highest BCUT2D eigenvalue weighted by Gasteiger charge is 2.38. The lowest BCUT2D eigenvalue weighted by molar-refractivity contribution is -0.143. The Morgan fingerprint density at radius 1 is 0.958 bits per heavy atom. The molecule has 1 N–H and O–H groups in total. The summed E-state index contributed by atoms with van der Waals surface area (Å²) in [5.74, 6) is 0.878. The van der Waals surface area contributed by atoms with Crippen molar-refractivity contribution >= 4 is 5.97 Å². The van der Waals surface area contributed by atoms with Crippen molar-refractivity contribution in [3.8, 4) is 0 Å². The van der Waals surface area contributed by atoms with Gasteiger partial charge < -0.3 is 9.84 Å². The van der Waals surface area contributed by atoms with Gasteiger partial charge in [0.1, 0.15) is 0 Å². The van der Waals surface area contributed by atoms with Crippen LogP contribution in [-0.2, 0) is 9.53 Å². The van der Waals surface area contributed by atoms with E-state index in [4.69, 9.17) is 4.74 Å². The highest BCUT2D eigenvalue weighted by molar-refractivity contribution is 5.69. The molecule has 0 saturated carbocycles. The zero-order valence-electron chi connectivity index (χ0n) is 17.6. The van der Waals surface area contributed by atoms with E-state index < -0.39 is 0 Å². The molecule has 4 unspecified atom stereocenters. The zero-order valence-corrected chi connectivity index (χ0v) is 17.6. The van der Waals surface area contributed by atoms with E-state index in [-0.39, 0.29) is 34.7 Å². The SMILES string of the molecule is CCOC(=O)CCC(C)CCC(C(O)C(C)C(C)(C)C)C(C)(C)C. The lowest BCUT2D eigenvalue weighted by Crippen LogP contribution is -2.41. The first-order chi connectivity index (χ1) is 10.8. The average molecular weight is 343 g/mol. The van der Waals surface area contributed by atoms with Gasteiger partial charge in [0, 0.05) is 6.42 Å². The highest BCUT2D eigenvalue weighted by Crippen LogP contribution is 2.40. The van der Waals surface area contributed by atoms with Gasteiger partial charge in [-0.1, -0.05) is 61.8 Å². The van der Waals surface area contributed by atoms with Gasteiger partial charge in [0.05, 0.1) is 12.7 Å². The summed E-state index contributed by atoms with van der Waals surface area (Å²) < 4.78 is 5.00. The summed E-state index contributed by atoms with van der Waals surface area (Å²) in [5, 5.41) is 11.0. The maximum atomic E-state index is 11.5. The lowest BCUT2D eigenvalue weighted by Gasteiger charge is -2.42. The number of ether oxygens (including phenoxy) is 1. The molecular weight excluding hydrogens is 300 g/mol. The van der Waals surface area contributed by atoms with Crippen LogP contribution in [0.1, 0.15) is 88.0 Å². The van der Waals surface area contributed by atoms with Crippen molar-refractivity contribution < 1.29 is 14.6 Å². The maximum Gasteiger partial charge on any atom is 0.305 e. The van der Waals surface area contributed by atoms with E-state index in [0.29, 0.717) is 18.9 Å². The molecule has 0 aromatic carbocycles. The van der Waals surface area contributed by atoms with Crippen LogP contribution in [-0.4, -0.2) is 23.8 Å². The van der Waals surface area contributed by atoms with Gasteiger partial charge in [-0.25, -0.2) is 0 Å². The van der Waals surface area contributed by atoms with Gasteiger partial charge in [-0.3, -0.25) is 4.79 Å². The minimum atomic E-state index is -0.303. The Kier molecular flexibility index (Phi) is 9.56. The summed E-state index contributed by atoms with van der Waals surface area (Å²) in [7, 11) is 0. The van der Waals surface area contributed by atoms with Crippen LogP contribution in [0.3, 0.4) is 0 Å². The Morgan fingerprint density at radius 3 is 1.92 bits per heavy atom. The second-order valence-corrected chi connectivity index (χ2v) is 9.64. The Balaban J connectivity index is 4.68. The molecule has 0 heterocycles. The predicted molar refractivity (Wildman–Crippen MR) is 102 cm³/mol. The van der Waals surface area contributed by atoms with Crippen molar-refractivity contribution in [2.75, 3.05) is 6.61 Å². The highest BCUT2D eigenvalue weighted by atomic mass is 16.5. The van der Waals surface area contributed by atoms with Crippen molar-refractivity contribution in [1.29, 1.82) is 0 Å². The second kappa shape index (κ2) is 9.79. The van der Waals surface area contributed by atoms with E-state index in [1.165, 1.54) is 0 Å². The maximum absolute atomic E-state index is 11.5. The summed E-state index contributed by atoms with van der Waals surface area (Å²) in [6.07, 6.45) is 3.09. The van der Waals surface area contributed by atoms with Crippen LogP contribution in [0.5, 0.6) is 0 Å². The quantitative estimate of drug-likeness (QED) is 0.567. The molecule has 0 aliphatic rings.